The normalized spacial score (nSPS) is 29.5. The maximum Gasteiger partial charge on any atom is 0.126 e. The van der Waals surface area contributed by atoms with Gasteiger partial charge in [0.05, 0.1) is 0 Å². The van der Waals surface area contributed by atoms with Crippen LogP contribution in [0.4, 0.5) is 4.39 Å². The Labute approximate surface area is 127 Å². The Morgan fingerprint density at radius 2 is 1.90 bits per heavy atom. The molecule has 1 aromatic carbocycles. The lowest BCUT2D eigenvalue weighted by molar-refractivity contribution is 0.0258. The predicted octanol–water partition coefficient (Wildman–Crippen LogP) is 3.36. The smallest absolute Gasteiger partial charge is 0.126 e. The fourth-order valence-corrected chi connectivity index (χ4v) is 4.25. The number of nitrogens with one attached hydrogen (secondary N) is 1. The van der Waals surface area contributed by atoms with Crippen LogP contribution in [0.25, 0.3) is 0 Å². The Kier molecular flexibility index (Phi) is 4.91. The molecule has 1 aromatic rings. The minimum Gasteiger partial charge on any atom is -0.314 e. The molecule has 2 unspecified atom stereocenters. The summed E-state index contributed by atoms with van der Waals surface area (Å²) < 4.78 is 13.8. The molecule has 2 atom stereocenters. The molecular weight excluding hydrogens is 263 g/mol. The number of rotatable bonds is 5. The molecule has 0 saturated carbocycles. The van der Waals surface area contributed by atoms with E-state index in [4.69, 9.17) is 0 Å². The summed E-state index contributed by atoms with van der Waals surface area (Å²) in [5.41, 5.74) is 0.865. The molecule has 2 nitrogen and oxygen atoms in total. The number of nitrogens with zero attached hydrogens (tertiary/aromatic N) is 1. The second-order valence-corrected chi connectivity index (χ2v) is 6.54. The summed E-state index contributed by atoms with van der Waals surface area (Å²) >= 11 is 0. The maximum atomic E-state index is 13.8. The monoisotopic (exact) mass is 290 g/mol. The van der Waals surface area contributed by atoms with E-state index in [9.17, 15) is 4.39 Å². The van der Waals surface area contributed by atoms with E-state index >= 15 is 0 Å². The lowest BCUT2D eigenvalue weighted by Crippen LogP contribution is -2.56. The summed E-state index contributed by atoms with van der Waals surface area (Å²) in [6.45, 7) is 4.27. The van der Waals surface area contributed by atoms with E-state index in [1.54, 1.807) is 12.1 Å². The molecule has 0 aromatic heterocycles. The van der Waals surface area contributed by atoms with E-state index < -0.39 is 0 Å². The van der Waals surface area contributed by atoms with Crippen molar-refractivity contribution in [3.05, 3.63) is 35.6 Å². The van der Waals surface area contributed by atoms with Crippen molar-refractivity contribution < 1.29 is 4.39 Å². The lowest BCUT2D eigenvalue weighted by Gasteiger charge is -2.49. The van der Waals surface area contributed by atoms with Crippen molar-refractivity contribution in [3.63, 3.8) is 0 Å². The van der Waals surface area contributed by atoms with Crippen molar-refractivity contribution in [2.45, 2.75) is 63.6 Å². The van der Waals surface area contributed by atoms with Crippen molar-refractivity contribution in [2.75, 3.05) is 13.1 Å². The van der Waals surface area contributed by atoms with Gasteiger partial charge >= 0.3 is 0 Å². The number of fused-ring (bicyclic) bond motifs is 2. The van der Waals surface area contributed by atoms with Crippen LogP contribution in [0.3, 0.4) is 0 Å². The lowest BCUT2D eigenvalue weighted by atomic mass is 9.81. The largest absolute Gasteiger partial charge is 0.314 e. The second-order valence-electron chi connectivity index (χ2n) is 6.54. The van der Waals surface area contributed by atoms with Gasteiger partial charge in [-0.05, 0) is 50.3 Å². The second kappa shape index (κ2) is 6.89. The average Bonchev–Trinajstić information content (AvgIpc) is 2.47. The minimum absolute atomic E-state index is 0.0507. The SMILES string of the molecule is CCNC1CC2CCCC(C1)N2CCc1ccccc1F. The molecule has 0 amide bonds. The Morgan fingerprint density at radius 3 is 2.57 bits per heavy atom. The topological polar surface area (TPSA) is 15.3 Å². The van der Waals surface area contributed by atoms with E-state index in [1.807, 2.05) is 12.1 Å². The van der Waals surface area contributed by atoms with Crippen molar-refractivity contribution in [1.29, 1.82) is 0 Å². The van der Waals surface area contributed by atoms with Gasteiger partial charge in [0.1, 0.15) is 5.82 Å². The zero-order chi connectivity index (χ0) is 14.7. The van der Waals surface area contributed by atoms with Gasteiger partial charge in [-0.3, -0.25) is 4.90 Å². The molecule has 2 aliphatic heterocycles. The summed E-state index contributed by atoms with van der Waals surface area (Å²) in [5.74, 6) is -0.0507. The van der Waals surface area contributed by atoms with Crippen molar-refractivity contribution >= 4 is 0 Å². The number of benzene rings is 1. The molecular formula is C18H27FN2. The highest BCUT2D eigenvalue weighted by Gasteiger charge is 2.37. The summed E-state index contributed by atoms with van der Waals surface area (Å²) in [6, 6.07) is 9.31. The molecule has 2 aliphatic rings. The van der Waals surface area contributed by atoms with Crippen LogP contribution in [0, 0.1) is 5.82 Å². The van der Waals surface area contributed by atoms with E-state index in [-0.39, 0.29) is 5.82 Å². The van der Waals surface area contributed by atoms with Crippen LogP contribution in [0.5, 0.6) is 0 Å². The van der Waals surface area contributed by atoms with Gasteiger partial charge in [-0.25, -0.2) is 4.39 Å². The zero-order valence-corrected chi connectivity index (χ0v) is 13.0. The van der Waals surface area contributed by atoms with Crippen LogP contribution in [0.2, 0.25) is 0 Å². The number of hydrogen-bond donors (Lipinski definition) is 1. The first-order chi connectivity index (χ1) is 10.3. The van der Waals surface area contributed by atoms with Gasteiger partial charge in [0, 0.05) is 24.7 Å². The van der Waals surface area contributed by atoms with Gasteiger partial charge in [0.2, 0.25) is 0 Å². The Morgan fingerprint density at radius 1 is 1.19 bits per heavy atom. The highest BCUT2D eigenvalue weighted by Crippen LogP contribution is 2.34. The van der Waals surface area contributed by atoms with Crippen LogP contribution in [-0.4, -0.2) is 36.1 Å². The molecule has 1 N–H and O–H groups in total. The van der Waals surface area contributed by atoms with Gasteiger partial charge in [-0.1, -0.05) is 31.5 Å². The highest BCUT2D eigenvalue weighted by molar-refractivity contribution is 5.17. The van der Waals surface area contributed by atoms with Crippen LogP contribution >= 0.6 is 0 Å². The maximum absolute atomic E-state index is 13.8. The van der Waals surface area contributed by atoms with Crippen molar-refractivity contribution in [1.82, 2.24) is 10.2 Å². The van der Waals surface area contributed by atoms with Gasteiger partial charge < -0.3 is 5.32 Å². The standard InChI is InChI=1S/C18H27FN2/c1-2-20-15-12-16-7-5-8-17(13-15)21(16)11-10-14-6-3-4-9-18(14)19/h3-4,6,9,15-17,20H,2,5,7-8,10-13H2,1H3. The molecule has 2 bridgehead atoms. The minimum atomic E-state index is -0.0507. The van der Waals surface area contributed by atoms with E-state index in [2.05, 4.69) is 17.1 Å². The first-order valence-corrected chi connectivity index (χ1v) is 8.50. The molecule has 116 valence electrons. The van der Waals surface area contributed by atoms with Crippen molar-refractivity contribution in [2.24, 2.45) is 0 Å². The van der Waals surface area contributed by atoms with Gasteiger partial charge in [0.15, 0.2) is 0 Å². The summed E-state index contributed by atoms with van der Waals surface area (Å²) in [4.78, 5) is 2.67. The molecule has 3 rings (SSSR count). The molecule has 0 radical (unpaired) electrons. The summed E-state index contributed by atoms with van der Waals surface area (Å²) in [7, 11) is 0. The first-order valence-electron chi connectivity index (χ1n) is 8.50. The van der Waals surface area contributed by atoms with Crippen LogP contribution < -0.4 is 5.32 Å². The quantitative estimate of drug-likeness (QED) is 0.894. The third-order valence-corrected chi connectivity index (χ3v) is 5.22. The van der Waals surface area contributed by atoms with Crippen LogP contribution in [-0.2, 0) is 6.42 Å². The third kappa shape index (κ3) is 3.46. The Bertz CT molecular complexity index is 448. The van der Waals surface area contributed by atoms with Gasteiger partial charge in [-0.2, -0.15) is 0 Å². The summed E-state index contributed by atoms with van der Waals surface area (Å²) in [5, 5.41) is 3.63. The Hall–Kier alpha value is -0.930. The predicted molar refractivity (Wildman–Crippen MR) is 84.9 cm³/mol. The third-order valence-electron chi connectivity index (χ3n) is 5.22. The average molecular weight is 290 g/mol. The summed E-state index contributed by atoms with van der Waals surface area (Å²) in [6.07, 6.45) is 7.37. The molecule has 2 heterocycles. The van der Waals surface area contributed by atoms with E-state index in [0.717, 1.165) is 25.1 Å². The molecule has 21 heavy (non-hydrogen) atoms. The van der Waals surface area contributed by atoms with Crippen molar-refractivity contribution in [3.8, 4) is 0 Å². The highest BCUT2D eigenvalue weighted by atomic mass is 19.1. The molecule has 0 spiro atoms. The fraction of sp³-hybridized carbons (Fsp3) is 0.667. The van der Waals surface area contributed by atoms with E-state index in [1.165, 1.54) is 32.1 Å². The number of halogens is 1. The fourth-order valence-electron chi connectivity index (χ4n) is 4.25. The van der Waals surface area contributed by atoms with Crippen LogP contribution in [0.1, 0.15) is 44.6 Å². The Balaban J connectivity index is 1.62. The first kappa shape index (κ1) is 15.0. The van der Waals surface area contributed by atoms with Gasteiger partial charge in [-0.15, -0.1) is 0 Å². The molecule has 2 saturated heterocycles. The van der Waals surface area contributed by atoms with E-state index in [0.29, 0.717) is 18.1 Å². The number of hydrogen-bond acceptors (Lipinski definition) is 2. The molecule has 2 fully saturated rings. The van der Waals surface area contributed by atoms with Gasteiger partial charge in [0.25, 0.3) is 0 Å². The molecule has 3 heteroatoms. The zero-order valence-electron chi connectivity index (χ0n) is 13.0. The molecule has 0 aliphatic carbocycles. The number of piperidine rings is 2. The van der Waals surface area contributed by atoms with Crippen LogP contribution in [0.15, 0.2) is 24.3 Å².